The topological polar surface area (TPSA) is 113 Å². The van der Waals surface area contributed by atoms with Crippen LogP contribution in [0.2, 0.25) is 5.15 Å². The highest BCUT2D eigenvalue weighted by Crippen LogP contribution is 2.21. The Labute approximate surface area is 201 Å². The number of amides is 3. The Morgan fingerprint density at radius 3 is 2.53 bits per heavy atom. The second-order valence-electron chi connectivity index (χ2n) is 8.07. The van der Waals surface area contributed by atoms with Gasteiger partial charge in [-0.05, 0) is 37.1 Å². The molecule has 0 radical (unpaired) electrons. The standard InChI is InChI=1S/C25H24ClN5O3/c26-22-17(14-16-8-4-6-12-20(16)29-22)15-27-31-25(34)24(33)30-21-13-7-5-11-19(21)23(32)28-18-9-2-1-3-10-18/h4-8,11-15,18H,1-3,9-10H2,(H,28,32)(H,30,33)(H,31,34)/b27-15+. The number of pyridine rings is 1. The number of nitrogens with one attached hydrogen (secondary N) is 3. The van der Waals surface area contributed by atoms with Crippen molar-refractivity contribution in [1.82, 2.24) is 15.7 Å². The molecule has 1 aliphatic rings. The van der Waals surface area contributed by atoms with Crippen molar-refractivity contribution in [3.05, 3.63) is 70.9 Å². The number of hydrogen-bond acceptors (Lipinski definition) is 5. The minimum absolute atomic E-state index is 0.124. The number of para-hydroxylation sites is 2. The van der Waals surface area contributed by atoms with Crippen molar-refractivity contribution < 1.29 is 14.4 Å². The fraction of sp³-hybridized carbons (Fsp3) is 0.240. The number of hydrazone groups is 1. The summed E-state index contributed by atoms with van der Waals surface area (Å²) in [5.74, 6) is -2.21. The Hall–Kier alpha value is -3.78. The summed E-state index contributed by atoms with van der Waals surface area (Å²) in [5, 5.41) is 10.4. The predicted molar refractivity (Wildman–Crippen MR) is 132 cm³/mol. The lowest BCUT2D eigenvalue weighted by molar-refractivity contribution is -0.136. The summed E-state index contributed by atoms with van der Waals surface area (Å²) in [6.45, 7) is 0. The van der Waals surface area contributed by atoms with E-state index in [1.807, 2.05) is 24.3 Å². The van der Waals surface area contributed by atoms with Gasteiger partial charge in [0.25, 0.3) is 5.91 Å². The van der Waals surface area contributed by atoms with Crippen LogP contribution in [0.25, 0.3) is 10.9 Å². The third-order valence-electron chi connectivity index (χ3n) is 5.64. The van der Waals surface area contributed by atoms with E-state index in [0.29, 0.717) is 11.1 Å². The number of nitrogens with zero attached hydrogens (tertiary/aromatic N) is 2. The van der Waals surface area contributed by atoms with Gasteiger partial charge in [0.05, 0.1) is 23.0 Å². The van der Waals surface area contributed by atoms with Crippen molar-refractivity contribution in [3.8, 4) is 0 Å². The Morgan fingerprint density at radius 2 is 1.71 bits per heavy atom. The first kappa shape index (κ1) is 23.4. The summed E-state index contributed by atoms with van der Waals surface area (Å²) in [6.07, 6.45) is 6.56. The molecular formula is C25H24ClN5O3. The minimum atomic E-state index is -0.983. The molecule has 4 rings (SSSR count). The molecule has 3 aromatic rings. The molecule has 1 aliphatic carbocycles. The number of aromatic nitrogens is 1. The lowest BCUT2D eigenvalue weighted by Gasteiger charge is -2.23. The van der Waals surface area contributed by atoms with Gasteiger partial charge < -0.3 is 10.6 Å². The highest BCUT2D eigenvalue weighted by Gasteiger charge is 2.20. The molecule has 2 aromatic carbocycles. The number of rotatable bonds is 5. The van der Waals surface area contributed by atoms with Crippen LogP contribution in [0.3, 0.4) is 0 Å². The third-order valence-corrected chi connectivity index (χ3v) is 5.94. The second kappa shape index (κ2) is 10.9. The van der Waals surface area contributed by atoms with Crippen LogP contribution in [0.15, 0.2) is 59.7 Å². The average molecular weight is 478 g/mol. The average Bonchev–Trinajstić information content (AvgIpc) is 2.85. The molecule has 1 fully saturated rings. The van der Waals surface area contributed by atoms with Gasteiger partial charge in [-0.1, -0.05) is 61.2 Å². The Bertz CT molecular complexity index is 1250. The number of benzene rings is 2. The molecule has 34 heavy (non-hydrogen) atoms. The number of anilines is 1. The normalized spacial score (nSPS) is 14.1. The van der Waals surface area contributed by atoms with Gasteiger partial charge in [0.15, 0.2) is 0 Å². The molecule has 0 atom stereocenters. The Morgan fingerprint density at radius 1 is 0.971 bits per heavy atom. The first-order chi connectivity index (χ1) is 16.5. The molecule has 174 valence electrons. The first-order valence-electron chi connectivity index (χ1n) is 11.1. The van der Waals surface area contributed by atoms with Gasteiger partial charge in [0, 0.05) is 17.0 Å². The summed E-state index contributed by atoms with van der Waals surface area (Å²) >= 11 is 6.17. The number of hydrogen-bond donors (Lipinski definition) is 3. The number of carbonyl (C=O) groups is 3. The molecular weight excluding hydrogens is 454 g/mol. The highest BCUT2D eigenvalue weighted by atomic mass is 35.5. The van der Waals surface area contributed by atoms with Gasteiger partial charge in [0.1, 0.15) is 5.15 Å². The Balaban J connectivity index is 1.38. The van der Waals surface area contributed by atoms with Gasteiger partial charge >= 0.3 is 11.8 Å². The largest absolute Gasteiger partial charge is 0.349 e. The van der Waals surface area contributed by atoms with Crippen molar-refractivity contribution in [1.29, 1.82) is 0 Å². The van der Waals surface area contributed by atoms with Gasteiger partial charge in [-0.3, -0.25) is 14.4 Å². The zero-order valence-electron chi connectivity index (χ0n) is 18.4. The van der Waals surface area contributed by atoms with Crippen molar-refractivity contribution in [3.63, 3.8) is 0 Å². The summed E-state index contributed by atoms with van der Waals surface area (Å²) in [7, 11) is 0. The van der Waals surface area contributed by atoms with Crippen molar-refractivity contribution in [2.45, 2.75) is 38.1 Å². The van der Waals surface area contributed by atoms with Crippen LogP contribution in [0.4, 0.5) is 5.69 Å². The summed E-state index contributed by atoms with van der Waals surface area (Å²) in [4.78, 5) is 41.7. The van der Waals surface area contributed by atoms with Crippen molar-refractivity contribution in [2.24, 2.45) is 5.10 Å². The van der Waals surface area contributed by atoms with Gasteiger partial charge in [-0.2, -0.15) is 5.10 Å². The maximum atomic E-state index is 12.7. The lowest BCUT2D eigenvalue weighted by atomic mass is 9.95. The van der Waals surface area contributed by atoms with E-state index in [1.54, 1.807) is 30.3 Å². The van der Waals surface area contributed by atoms with E-state index in [0.717, 1.165) is 36.6 Å². The first-order valence-corrected chi connectivity index (χ1v) is 11.5. The van der Waals surface area contributed by atoms with Gasteiger partial charge in [-0.25, -0.2) is 10.4 Å². The highest BCUT2D eigenvalue weighted by molar-refractivity contribution is 6.40. The maximum Gasteiger partial charge on any atom is 0.329 e. The molecule has 9 heteroatoms. The van der Waals surface area contributed by atoms with E-state index < -0.39 is 11.8 Å². The number of carbonyl (C=O) groups excluding carboxylic acids is 3. The van der Waals surface area contributed by atoms with Crippen molar-refractivity contribution >= 4 is 52.1 Å². The molecule has 1 heterocycles. The molecule has 0 spiro atoms. The predicted octanol–water partition coefficient (Wildman–Crippen LogP) is 4.04. The smallest absolute Gasteiger partial charge is 0.329 e. The van der Waals surface area contributed by atoms with Crippen LogP contribution in [-0.4, -0.2) is 35.0 Å². The van der Waals surface area contributed by atoms with E-state index >= 15 is 0 Å². The molecule has 8 nitrogen and oxygen atoms in total. The molecule has 0 saturated heterocycles. The second-order valence-corrected chi connectivity index (χ2v) is 8.43. The van der Waals surface area contributed by atoms with Crippen LogP contribution < -0.4 is 16.1 Å². The molecule has 3 N–H and O–H groups in total. The van der Waals surface area contributed by atoms with Crippen molar-refractivity contribution in [2.75, 3.05) is 5.32 Å². The minimum Gasteiger partial charge on any atom is -0.349 e. The number of fused-ring (bicyclic) bond motifs is 1. The fourth-order valence-corrected chi connectivity index (χ4v) is 4.08. The van der Waals surface area contributed by atoms with Crippen LogP contribution >= 0.6 is 11.6 Å². The van der Waals surface area contributed by atoms with Gasteiger partial charge in [-0.15, -0.1) is 0 Å². The fourth-order valence-electron chi connectivity index (χ4n) is 3.89. The molecule has 0 unspecified atom stereocenters. The van der Waals surface area contributed by atoms with Crippen LogP contribution in [-0.2, 0) is 9.59 Å². The zero-order valence-corrected chi connectivity index (χ0v) is 19.1. The molecule has 1 aromatic heterocycles. The van der Waals surface area contributed by atoms with E-state index in [1.165, 1.54) is 12.6 Å². The van der Waals surface area contributed by atoms with Crippen LogP contribution in [0.1, 0.15) is 48.0 Å². The SMILES string of the molecule is O=C(N/N=C/c1cc2ccccc2nc1Cl)C(=O)Nc1ccccc1C(=O)NC1CCCCC1. The number of halogens is 1. The molecule has 3 amide bonds. The van der Waals surface area contributed by atoms with Crippen LogP contribution in [0.5, 0.6) is 0 Å². The summed E-state index contributed by atoms with van der Waals surface area (Å²) < 4.78 is 0. The molecule has 1 saturated carbocycles. The molecule has 0 aliphatic heterocycles. The quantitative estimate of drug-likeness (QED) is 0.223. The zero-order chi connectivity index (χ0) is 23.9. The third kappa shape index (κ3) is 5.77. The van der Waals surface area contributed by atoms with Crippen LogP contribution in [0, 0.1) is 0 Å². The van der Waals surface area contributed by atoms with E-state index in [-0.39, 0.29) is 22.8 Å². The van der Waals surface area contributed by atoms with E-state index in [2.05, 4.69) is 26.1 Å². The Kier molecular flexibility index (Phi) is 7.49. The summed E-state index contributed by atoms with van der Waals surface area (Å²) in [6, 6.07) is 15.9. The van der Waals surface area contributed by atoms with E-state index in [4.69, 9.17) is 11.6 Å². The maximum absolute atomic E-state index is 12.7. The van der Waals surface area contributed by atoms with E-state index in [9.17, 15) is 14.4 Å². The lowest BCUT2D eigenvalue weighted by Crippen LogP contribution is -2.37. The van der Waals surface area contributed by atoms with Gasteiger partial charge in [0.2, 0.25) is 0 Å². The monoisotopic (exact) mass is 477 g/mol. The summed E-state index contributed by atoms with van der Waals surface area (Å²) in [5.41, 5.74) is 3.95. The molecule has 0 bridgehead atoms.